The van der Waals surface area contributed by atoms with E-state index in [1.54, 1.807) is 41.0 Å². The van der Waals surface area contributed by atoms with Gasteiger partial charge >= 0.3 is 0 Å². The first kappa shape index (κ1) is 17.9. The number of aryl methyl sites for hydroxylation is 1. The first-order chi connectivity index (χ1) is 13.1. The van der Waals surface area contributed by atoms with Gasteiger partial charge in [0.15, 0.2) is 0 Å². The number of pyridine rings is 1. The Morgan fingerprint density at radius 2 is 1.81 bits per heavy atom. The van der Waals surface area contributed by atoms with Crippen LogP contribution in [0.3, 0.4) is 0 Å². The van der Waals surface area contributed by atoms with E-state index in [1.165, 1.54) is 0 Å². The summed E-state index contributed by atoms with van der Waals surface area (Å²) in [6.45, 7) is 3.01. The second-order valence-corrected chi connectivity index (χ2v) is 8.74. The number of sulfonamides is 1. The summed E-state index contributed by atoms with van der Waals surface area (Å²) < 4.78 is 29.8. The Bertz CT molecular complexity index is 1020. The highest BCUT2D eigenvalue weighted by Gasteiger charge is 2.32. The van der Waals surface area contributed by atoms with E-state index in [2.05, 4.69) is 14.5 Å². The number of hydrogen-bond acceptors (Lipinski definition) is 4. The molecular formula is C20H22N4O2S. The quantitative estimate of drug-likeness (QED) is 0.694. The maximum Gasteiger partial charge on any atom is 0.243 e. The van der Waals surface area contributed by atoms with Crippen molar-refractivity contribution in [1.82, 2.24) is 18.8 Å². The molecule has 1 saturated heterocycles. The monoisotopic (exact) mass is 382 g/mol. The summed E-state index contributed by atoms with van der Waals surface area (Å²) >= 11 is 0. The van der Waals surface area contributed by atoms with Crippen LogP contribution >= 0.6 is 0 Å². The number of benzene rings is 1. The van der Waals surface area contributed by atoms with Gasteiger partial charge in [0.05, 0.1) is 4.90 Å². The molecule has 0 N–H and O–H groups in total. The highest BCUT2D eigenvalue weighted by molar-refractivity contribution is 7.89. The molecule has 6 nitrogen and oxygen atoms in total. The third kappa shape index (κ3) is 3.40. The summed E-state index contributed by atoms with van der Waals surface area (Å²) in [5.41, 5.74) is 2.02. The number of imidazole rings is 1. The fraction of sp³-hybridized carbons (Fsp3) is 0.300. The number of rotatable bonds is 4. The lowest BCUT2D eigenvalue weighted by Crippen LogP contribution is -2.41. The molecule has 3 aromatic rings. The fourth-order valence-electron chi connectivity index (χ4n) is 3.71. The van der Waals surface area contributed by atoms with E-state index in [-0.39, 0.29) is 6.04 Å². The average molecular weight is 382 g/mol. The smallest absolute Gasteiger partial charge is 0.243 e. The molecule has 0 amide bonds. The maximum atomic E-state index is 13.0. The molecule has 1 fully saturated rings. The zero-order chi connectivity index (χ0) is 18.9. The molecule has 2 aromatic heterocycles. The number of aromatic nitrogens is 3. The topological polar surface area (TPSA) is 68.1 Å². The molecule has 0 saturated carbocycles. The molecular weight excluding hydrogens is 360 g/mol. The van der Waals surface area contributed by atoms with Gasteiger partial charge in [0.25, 0.3) is 0 Å². The lowest BCUT2D eigenvalue weighted by Gasteiger charge is -2.34. The minimum atomic E-state index is -3.49. The van der Waals surface area contributed by atoms with Crippen molar-refractivity contribution in [2.75, 3.05) is 13.1 Å². The SMILES string of the molecule is Cc1cnc(-c2ccncc2)n1C1CCCN(S(=O)(=O)c2ccccc2)C1. The van der Waals surface area contributed by atoms with Gasteiger partial charge < -0.3 is 4.57 Å². The zero-order valence-electron chi connectivity index (χ0n) is 15.2. The minimum Gasteiger partial charge on any atom is -0.324 e. The van der Waals surface area contributed by atoms with Crippen LogP contribution in [0.15, 0.2) is 66.0 Å². The van der Waals surface area contributed by atoms with Crippen LogP contribution in [0.4, 0.5) is 0 Å². The third-order valence-corrected chi connectivity index (χ3v) is 6.91. The van der Waals surface area contributed by atoms with Crippen LogP contribution in [-0.4, -0.2) is 40.3 Å². The molecule has 140 valence electrons. The van der Waals surface area contributed by atoms with Gasteiger partial charge in [-0.15, -0.1) is 0 Å². The summed E-state index contributed by atoms with van der Waals surface area (Å²) in [6.07, 6.45) is 7.09. The van der Waals surface area contributed by atoms with E-state index in [0.717, 1.165) is 29.9 Å². The number of hydrogen-bond donors (Lipinski definition) is 0. The molecule has 0 radical (unpaired) electrons. The first-order valence-corrected chi connectivity index (χ1v) is 10.5. The first-order valence-electron chi connectivity index (χ1n) is 9.07. The largest absolute Gasteiger partial charge is 0.324 e. The van der Waals surface area contributed by atoms with Gasteiger partial charge in [0.1, 0.15) is 5.82 Å². The van der Waals surface area contributed by atoms with Crippen LogP contribution < -0.4 is 0 Å². The molecule has 1 aliphatic rings. The molecule has 4 rings (SSSR count). The van der Waals surface area contributed by atoms with Crippen LogP contribution in [0.25, 0.3) is 11.4 Å². The highest BCUT2D eigenvalue weighted by Crippen LogP contribution is 2.31. The highest BCUT2D eigenvalue weighted by atomic mass is 32.2. The Morgan fingerprint density at radius 3 is 2.56 bits per heavy atom. The zero-order valence-corrected chi connectivity index (χ0v) is 16.0. The summed E-state index contributed by atoms with van der Waals surface area (Å²) in [5, 5.41) is 0. The van der Waals surface area contributed by atoms with Crippen molar-refractivity contribution in [3.05, 3.63) is 66.7 Å². The van der Waals surface area contributed by atoms with E-state index in [9.17, 15) is 8.42 Å². The van der Waals surface area contributed by atoms with Gasteiger partial charge in [-0.1, -0.05) is 18.2 Å². The second-order valence-electron chi connectivity index (χ2n) is 6.80. The normalized spacial score (nSPS) is 18.5. The molecule has 1 aliphatic heterocycles. The van der Waals surface area contributed by atoms with Crippen molar-refractivity contribution in [3.8, 4) is 11.4 Å². The van der Waals surface area contributed by atoms with E-state index >= 15 is 0 Å². The fourth-order valence-corrected chi connectivity index (χ4v) is 5.25. The molecule has 1 atom stereocenters. The van der Waals surface area contributed by atoms with Gasteiger partial charge in [-0.05, 0) is 44.0 Å². The van der Waals surface area contributed by atoms with E-state index in [4.69, 9.17) is 0 Å². The molecule has 0 spiro atoms. The molecule has 0 aliphatic carbocycles. The Balaban J connectivity index is 1.66. The molecule has 1 aromatic carbocycles. The predicted octanol–water partition coefficient (Wildman–Crippen LogP) is 3.28. The van der Waals surface area contributed by atoms with Crippen molar-refractivity contribution in [2.24, 2.45) is 0 Å². The van der Waals surface area contributed by atoms with Crippen LogP contribution in [0.5, 0.6) is 0 Å². The van der Waals surface area contributed by atoms with Gasteiger partial charge in [-0.25, -0.2) is 13.4 Å². The van der Waals surface area contributed by atoms with Crippen LogP contribution in [0.2, 0.25) is 0 Å². The van der Waals surface area contributed by atoms with E-state index < -0.39 is 10.0 Å². The number of nitrogens with zero attached hydrogens (tertiary/aromatic N) is 4. The van der Waals surface area contributed by atoms with Gasteiger partial charge in [0, 0.05) is 49.0 Å². The summed E-state index contributed by atoms with van der Waals surface area (Å²) in [5.74, 6) is 0.860. The molecule has 27 heavy (non-hydrogen) atoms. The Kier molecular flexibility index (Phi) is 4.80. The van der Waals surface area contributed by atoms with Gasteiger partial charge in [-0.3, -0.25) is 4.98 Å². The van der Waals surface area contributed by atoms with Crippen molar-refractivity contribution in [3.63, 3.8) is 0 Å². The van der Waals surface area contributed by atoms with Crippen LogP contribution in [-0.2, 0) is 10.0 Å². The average Bonchev–Trinajstić information content (AvgIpc) is 3.11. The Labute approximate surface area is 159 Å². The molecule has 0 bridgehead atoms. The Morgan fingerprint density at radius 1 is 1.07 bits per heavy atom. The van der Waals surface area contributed by atoms with Gasteiger partial charge in [-0.2, -0.15) is 4.31 Å². The van der Waals surface area contributed by atoms with Crippen LogP contribution in [0.1, 0.15) is 24.6 Å². The van der Waals surface area contributed by atoms with E-state index in [0.29, 0.717) is 18.0 Å². The summed E-state index contributed by atoms with van der Waals surface area (Å²) in [4.78, 5) is 9.00. The molecule has 3 heterocycles. The van der Waals surface area contributed by atoms with E-state index in [1.807, 2.05) is 31.3 Å². The van der Waals surface area contributed by atoms with Crippen molar-refractivity contribution in [2.45, 2.75) is 30.7 Å². The molecule has 7 heteroatoms. The standard InChI is InChI=1S/C20H22N4O2S/c1-16-14-22-20(17-9-11-21-12-10-17)24(16)18-6-5-13-23(15-18)27(25,26)19-7-3-2-4-8-19/h2-4,7-12,14,18H,5-6,13,15H2,1H3. The lowest BCUT2D eigenvalue weighted by atomic mass is 10.1. The second kappa shape index (κ2) is 7.25. The van der Waals surface area contributed by atoms with Crippen molar-refractivity contribution < 1.29 is 8.42 Å². The van der Waals surface area contributed by atoms with Crippen LogP contribution in [0, 0.1) is 6.92 Å². The van der Waals surface area contributed by atoms with Crippen molar-refractivity contribution in [1.29, 1.82) is 0 Å². The minimum absolute atomic E-state index is 0.0582. The lowest BCUT2D eigenvalue weighted by molar-refractivity contribution is 0.266. The Hall–Kier alpha value is -2.51. The summed E-state index contributed by atoms with van der Waals surface area (Å²) in [6, 6.07) is 12.6. The molecule has 1 unspecified atom stereocenters. The number of piperidine rings is 1. The summed E-state index contributed by atoms with van der Waals surface area (Å²) in [7, 11) is -3.49. The van der Waals surface area contributed by atoms with Gasteiger partial charge in [0.2, 0.25) is 10.0 Å². The van der Waals surface area contributed by atoms with Crippen molar-refractivity contribution >= 4 is 10.0 Å². The third-order valence-electron chi connectivity index (χ3n) is 5.03. The predicted molar refractivity (Wildman–Crippen MR) is 104 cm³/mol. The maximum absolute atomic E-state index is 13.0.